The minimum atomic E-state index is 0.563. The van der Waals surface area contributed by atoms with Crippen LogP contribution in [0.15, 0.2) is 79.0 Å². The first-order valence-electron chi connectivity index (χ1n) is 15.9. The summed E-state index contributed by atoms with van der Waals surface area (Å²) in [5.74, 6) is 1.28. The Balaban J connectivity index is 1.00. The van der Waals surface area contributed by atoms with E-state index < -0.39 is 0 Å². The Kier molecular flexibility index (Phi) is 7.67. The molecule has 3 heterocycles. The van der Waals surface area contributed by atoms with Crippen molar-refractivity contribution < 1.29 is 0 Å². The van der Waals surface area contributed by atoms with Crippen molar-refractivity contribution >= 4 is 33.7 Å². The number of hydrogen-bond acceptors (Lipinski definition) is 5. The molecule has 220 valence electrons. The van der Waals surface area contributed by atoms with Gasteiger partial charge in [0.1, 0.15) is 0 Å². The molecular weight excluding hydrogens is 528 g/mol. The van der Waals surface area contributed by atoms with Crippen LogP contribution in [0.3, 0.4) is 0 Å². The van der Waals surface area contributed by atoms with Gasteiger partial charge in [-0.25, -0.2) is 4.85 Å². The second-order valence-electron chi connectivity index (χ2n) is 12.8. The molecule has 3 aromatic carbocycles. The average Bonchev–Trinajstić information content (AvgIpc) is 3.40. The van der Waals surface area contributed by atoms with Gasteiger partial charge in [0.05, 0.1) is 17.8 Å². The van der Waals surface area contributed by atoms with Crippen LogP contribution in [0, 0.1) is 12.5 Å². The summed E-state index contributed by atoms with van der Waals surface area (Å²) in [6, 6.07) is 26.6. The van der Waals surface area contributed by atoms with Crippen molar-refractivity contribution in [3.63, 3.8) is 0 Å². The molecule has 6 heteroatoms. The maximum Gasteiger partial charge on any atom is 0.187 e. The number of likely N-dealkylation sites (N-methyl/N-ethyl adjacent to an activating group) is 1. The first-order valence-corrected chi connectivity index (χ1v) is 15.9. The number of pyridine rings is 1. The fourth-order valence-corrected chi connectivity index (χ4v) is 7.92. The molecule has 2 fully saturated rings. The summed E-state index contributed by atoms with van der Waals surface area (Å²) in [5, 5.41) is 1.21. The van der Waals surface area contributed by atoms with E-state index in [4.69, 9.17) is 11.6 Å². The predicted octanol–water partition coefficient (Wildman–Crippen LogP) is 7.34. The smallest absolute Gasteiger partial charge is 0.187 e. The van der Waals surface area contributed by atoms with Crippen molar-refractivity contribution in [1.29, 1.82) is 0 Å². The second kappa shape index (κ2) is 11.9. The molecule has 0 amide bonds. The Hall–Kier alpha value is -4.08. The standard InChI is InChI=1S/C37H42N6/c1-38-30-13-16-35-33(23-30)34(26-41(35)3)28-11-14-31(15-12-28)42-18-20-43(21-19-42)36-24-32(22-29-10-7-17-39-37(29)36)40(2)25-27-8-5-4-6-9-27/h4-10,13,16-17,22-24,28,31,34H,11-12,14-15,18-21,25-26H2,2-3H3. The van der Waals surface area contributed by atoms with Crippen LogP contribution in [0.5, 0.6) is 0 Å². The largest absolute Gasteiger partial charge is 0.374 e. The summed E-state index contributed by atoms with van der Waals surface area (Å²) in [5.41, 5.74) is 8.44. The first kappa shape index (κ1) is 27.7. The molecule has 1 aromatic heterocycles. The number of hydrogen-bond donors (Lipinski definition) is 0. The highest BCUT2D eigenvalue weighted by Crippen LogP contribution is 2.46. The van der Waals surface area contributed by atoms with Gasteiger partial charge in [0.25, 0.3) is 0 Å². The van der Waals surface area contributed by atoms with Gasteiger partial charge in [0.15, 0.2) is 5.69 Å². The molecule has 2 aliphatic heterocycles. The number of piperazine rings is 1. The van der Waals surface area contributed by atoms with Gasteiger partial charge in [0, 0.05) is 88.3 Å². The van der Waals surface area contributed by atoms with E-state index in [9.17, 15) is 0 Å². The van der Waals surface area contributed by atoms with Crippen LogP contribution in [0.2, 0.25) is 0 Å². The van der Waals surface area contributed by atoms with Crippen molar-refractivity contribution in [3.8, 4) is 0 Å². The van der Waals surface area contributed by atoms with Crippen molar-refractivity contribution in [2.24, 2.45) is 5.92 Å². The fourth-order valence-electron chi connectivity index (χ4n) is 7.92. The number of benzene rings is 3. The zero-order valence-corrected chi connectivity index (χ0v) is 25.5. The Labute approximate surface area is 256 Å². The highest BCUT2D eigenvalue weighted by Gasteiger charge is 2.36. The normalized spacial score (nSPS) is 22.4. The SMILES string of the molecule is [C-]#[N+]c1ccc2c(c1)C(C1CCC(N3CCN(c4cc(N(C)Cc5ccccc5)cc5cccnc45)CC3)CC1)CN2C. The van der Waals surface area contributed by atoms with E-state index in [1.165, 1.54) is 59.3 Å². The molecular formula is C37H42N6. The minimum absolute atomic E-state index is 0.563. The van der Waals surface area contributed by atoms with Crippen LogP contribution >= 0.6 is 0 Å². The van der Waals surface area contributed by atoms with Gasteiger partial charge < -0.3 is 14.7 Å². The van der Waals surface area contributed by atoms with Crippen LogP contribution < -0.4 is 14.7 Å². The summed E-state index contributed by atoms with van der Waals surface area (Å²) >= 11 is 0. The van der Waals surface area contributed by atoms with E-state index >= 15 is 0 Å². The Bertz CT molecular complexity index is 1610. The molecule has 43 heavy (non-hydrogen) atoms. The minimum Gasteiger partial charge on any atom is -0.374 e. The number of nitrogens with zero attached hydrogens (tertiary/aromatic N) is 6. The van der Waals surface area contributed by atoms with E-state index in [2.05, 4.69) is 99.2 Å². The highest BCUT2D eigenvalue weighted by atomic mass is 15.3. The lowest BCUT2D eigenvalue weighted by Crippen LogP contribution is -2.51. The third kappa shape index (κ3) is 5.55. The van der Waals surface area contributed by atoms with Crippen molar-refractivity contribution in [2.45, 2.75) is 44.2 Å². The van der Waals surface area contributed by atoms with Crippen LogP contribution in [0.1, 0.15) is 42.7 Å². The fraction of sp³-hybridized carbons (Fsp3) is 0.405. The molecule has 0 spiro atoms. The topological polar surface area (TPSA) is 30.2 Å². The lowest BCUT2D eigenvalue weighted by molar-refractivity contribution is 0.123. The molecule has 0 N–H and O–H groups in total. The van der Waals surface area contributed by atoms with E-state index in [-0.39, 0.29) is 0 Å². The van der Waals surface area contributed by atoms with Gasteiger partial charge >= 0.3 is 0 Å². The average molecular weight is 571 g/mol. The van der Waals surface area contributed by atoms with Crippen LogP contribution in [0.25, 0.3) is 15.7 Å². The summed E-state index contributed by atoms with van der Waals surface area (Å²) in [4.78, 5) is 18.6. The zero-order valence-electron chi connectivity index (χ0n) is 25.5. The molecule has 1 aliphatic carbocycles. The molecule has 0 bridgehead atoms. The Morgan fingerprint density at radius 2 is 1.67 bits per heavy atom. The predicted molar refractivity (Wildman–Crippen MR) is 179 cm³/mol. The van der Waals surface area contributed by atoms with Crippen LogP contribution in [0.4, 0.5) is 22.7 Å². The maximum atomic E-state index is 7.48. The van der Waals surface area contributed by atoms with Crippen molar-refractivity contribution in [2.75, 3.05) is 61.5 Å². The van der Waals surface area contributed by atoms with Crippen molar-refractivity contribution in [3.05, 3.63) is 102 Å². The number of rotatable bonds is 6. The van der Waals surface area contributed by atoms with E-state index in [0.29, 0.717) is 12.0 Å². The quantitative estimate of drug-likeness (QED) is 0.227. The van der Waals surface area contributed by atoms with E-state index in [1.807, 2.05) is 18.3 Å². The first-order chi connectivity index (χ1) is 21.1. The van der Waals surface area contributed by atoms with E-state index in [0.717, 1.165) is 56.4 Å². The summed E-state index contributed by atoms with van der Waals surface area (Å²) in [6.07, 6.45) is 7.07. The van der Waals surface area contributed by atoms with Crippen LogP contribution in [-0.4, -0.2) is 62.7 Å². The monoisotopic (exact) mass is 570 g/mol. The summed E-state index contributed by atoms with van der Waals surface area (Å²) < 4.78 is 0. The van der Waals surface area contributed by atoms with Gasteiger partial charge in [-0.3, -0.25) is 9.88 Å². The zero-order chi connectivity index (χ0) is 29.3. The molecule has 0 radical (unpaired) electrons. The molecule has 1 saturated heterocycles. The lowest BCUT2D eigenvalue weighted by atomic mass is 9.75. The van der Waals surface area contributed by atoms with Gasteiger partial charge in [-0.2, -0.15) is 0 Å². The molecule has 1 unspecified atom stereocenters. The number of aromatic nitrogens is 1. The Morgan fingerprint density at radius 1 is 0.884 bits per heavy atom. The highest BCUT2D eigenvalue weighted by molar-refractivity contribution is 5.94. The third-order valence-electron chi connectivity index (χ3n) is 10.3. The molecule has 4 aromatic rings. The summed E-state index contributed by atoms with van der Waals surface area (Å²) in [7, 11) is 4.39. The molecule has 3 aliphatic rings. The van der Waals surface area contributed by atoms with Gasteiger partial charge in [-0.1, -0.05) is 48.5 Å². The number of fused-ring (bicyclic) bond motifs is 2. The third-order valence-corrected chi connectivity index (χ3v) is 10.3. The molecule has 1 atom stereocenters. The van der Waals surface area contributed by atoms with Crippen LogP contribution in [-0.2, 0) is 6.54 Å². The molecule has 1 saturated carbocycles. The van der Waals surface area contributed by atoms with Gasteiger partial charge in [-0.15, -0.1) is 0 Å². The molecule has 7 rings (SSSR count). The van der Waals surface area contributed by atoms with Gasteiger partial charge in [0.2, 0.25) is 0 Å². The van der Waals surface area contributed by atoms with Gasteiger partial charge in [-0.05, 0) is 67.0 Å². The van der Waals surface area contributed by atoms with E-state index in [1.54, 1.807) is 0 Å². The molecule has 6 nitrogen and oxygen atoms in total. The van der Waals surface area contributed by atoms with Crippen molar-refractivity contribution in [1.82, 2.24) is 9.88 Å². The number of anilines is 3. The summed E-state index contributed by atoms with van der Waals surface area (Å²) in [6.45, 7) is 13.7. The second-order valence-corrected chi connectivity index (χ2v) is 12.8. The lowest BCUT2D eigenvalue weighted by Gasteiger charge is -2.43. The maximum absolute atomic E-state index is 7.48. The Morgan fingerprint density at radius 3 is 2.44 bits per heavy atom.